The maximum Gasteiger partial charge on any atom is 0.249 e. The van der Waals surface area contributed by atoms with Crippen molar-refractivity contribution in [2.45, 2.75) is 32.4 Å². The van der Waals surface area contributed by atoms with Crippen molar-refractivity contribution in [2.75, 3.05) is 40.5 Å². The molecule has 2 saturated heterocycles. The lowest BCUT2D eigenvalue weighted by Gasteiger charge is -2.39. The van der Waals surface area contributed by atoms with Gasteiger partial charge in [-0.05, 0) is 36.5 Å². The number of piperidine rings is 1. The fourth-order valence-corrected chi connectivity index (χ4v) is 3.62. The first kappa shape index (κ1) is 19.5. The lowest BCUT2D eigenvalue weighted by Crippen LogP contribution is -2.57. The molecular formula is C20H28N2O5. The molecule has 2 aliphatic heterocycles. The quantitative estimate of drug-likeness (QED) is 0.782. The normalized spacial score (nSPS) is 21.3. The van der Waals surface area contributed by atoms with Crippen molar-refractivity contribution in [3.63, 3.8) is 0 Å². The summed E-state index contributed by atoms with van der Waals surface area (Å²) in [5, 5.41) is 0. The van der Waals surface area contributed by atoms with E-state index in [1.165, 1.54) is 0 Å². The summed E-state index contributed by atoms with van der Waals surface area (Å²) in [6.45, 7) is 4.28. The summed E-state index contributed by atoms with van der Waals surface area (Å²) >= 11 is 0. The third kappa shape index (κ3) is 4.35. The molecular weight excluding hydrogens is 348 g/mol. The Labute approximate surface area is 160 Å². The molecule has 0 N–H and O–H groups in total. The molecule has 0 radical (unpaired) electrons. The molecule has 0 aliphatic carbocycles. The van der Waals surface area contributed by atoms with E-state index in [2.05, 4.69) is 6.92 Å². The highest BCUT2D eigenvalue weighted by Gasteiger charge is 2.37. The Balaban J connectivity index is 1.76. The van der Waals surface area contributed by atoms with Crippen LogP contribution in [0.15, 0.2) is 18.2 Å². The van der Waals surface area contributed by atoms with Crippen molar-refractivity contribution in [3.05, 3.63) is 23.8 Å². The number of likely N-dealkylation sites (tertiary alicyclic amines) is 1. The molecule has 0 saturated carbocycles. The molecule has 0 spiro atoms. The SMILES string of the molecule is COc1ccc(CN2C(=O)COC[C@H]2C(=O)N2CCC(C)CC2)cc1OC. The number of benzene rings is 1. The van der Waals surface area contributed by atoms with E-state index >= 15 is 0 Å². The van der Waals surface area contributed by atoms with Gasteiger partial charge in [-0.3, -0.25) is 9.59 Å². The molecule has 148 valence electrons. The average Bonchev–Trinajstić information content (AvgIpc) is 2.69. The predicted molar refractivity (Wildman–Crippen MR) is 99.7 cm³/mol. The average molecular weight is 376 g/mol. The highest BCUT2D eigenvalue weighted by atomic mass is 16.5. The maximum atomic E-state index is 13.0. The van der Waals surface area contributed by atoms with Crippen LogP contribution in [0.5, 0.6) is 11.5 Å². The smallest absolute Gasteiger partial charge is 0.249 e. The van der Waals surface area contributed by atoms with Gasteiger partial charge in [-0.2, -0.15) is 0 Å². The summed E-state index contributed by atoms with van der Waals surface area (Å²) < 4.78 is 16.0. The molecule has 1 atom stereocenters. The second-order valence-corrected chi connectivity index (χ2v) is 7.25. The standard InChI is InChI=1S/C20H28N2O5/c1-14-6-8-21(9-7-14)20(24)16-12-27-13-19(23)22(16)11-15-4-5-17(25-2)18(10-15)26-3/h4-5,10,14,16H,6-9,11-13H2,1-3H3/t16-/m0/s1. The Morgan fingerprint density at radius 2 is 1.89 bits per heavy atom. The zero-order valence-corrected chi connectivity index (χ0v) is 16.3. The van der Waals surface area contributed by atoms with Crippen molar-refractivity contribution in [1.82, 2.24) is 9.80 Å². The zero-order valence-electron chi connectivity index (χ0n) is 16.3. The van der Waals surface area contributed by atoms with E-state index in [0.717, 1.165) is 31.5 Å². The van der Waals surface area contributed by atoms with Crippen LogP contribution >= 0.6 is 0 Å². The monoisotopic (exact) mass is 376 g/mol. The van der Waals surface area contributed by atoms with Crippen LogP contribution in [-0.2, 0) is 20.9 Å². The minimum absolute atomic E-state index is 0.00804. The van der Waals surface area contributed by atoms with Gasteiger partial charge in [0.15, 0.2) is 11.5 Å². The second kappa shape index (κ2) is 8.61. The molecule has 0 unspecified atom stereocenters. The van der Waals surface area contributed by atoms with E-state index in [1.54, 1.807) is 19.1 Å². The maximum absolute atomic E-state index is 13.0. The van der Waals surface area contributed by atoms with Crippen molar-refractivity contribution >= 4 is 11.8 Å². The van der Waals surface area contributed by atoms with Crippen molar-refractivity contribution in [3.8, 4) is 11.5 Å². The van der Waals surface area contributed by atoms with Gasteiger partial charge in [0.1, 0.15) is 12.6 Å². The van der Waals surface area contributed by atoms with Crippen LogP contribution in [0.25, 0.3) is 0 Å². The van der Waals surface area contributed by atoms with Gasteiger partial charge in [0.2, 0.25) is 11.8 Å². The van der Waals surface area contributed by atoms with Crippen LogP contribution < -0.4 is 9.47 Å². The molecule has 7 nitrogen and oxygen atoms in total. The van der Waals surface area contributed by atoms with Crippen LogP contribution in [0.4, 0.5) is 0 Å². The third-order valence-electron chi connectivity index (χ3n) is 5.38. The Kier molecular flexibility index (Phi) is 6.21. The summed E-state index contributed by atoms with van der Waals surface area (Å²) in [5.74, 6) is 1.68. The van der Waals surface area contributed by atoms with Crippen LogP contribution in [-0.4, -0.2) is 68.2 Å². The largest absolute Gasteiger partial charge is 0.493 e. The highest BCUT2D eigenvalue weighted by Crippen LogP contribution is 2.29. The number of hydrogen-bond acceptors (Lipinski definition) is 5. The molecule has 1 aromatic rings. The number of carbonyl (C=O) groups is 2. The van der Waals surface area contributed by atoms with E-state index in [1.807, 2.05) is 23.1 Å². The van der Waals surface area contributed by atoms with E-state index in [0.29, 0.717) is 24.0 Å². The molecule has 2 amide bonds. The van der Waals surface area contributed by atoms with Gasteiger partial charge < -0.3 is 24.0 Å². The minimum atomic E-state index is -0.576. The molecule has 27 heavy (non-hydrogen) atoms. The Hall–Kier alpha value is -2.28. The first-order valence-electron chi connectivity index (χ1n) is 9.40. The van der Waals surface area contributed by atoms with Crippen LogP contribution in [0.2, 0.25) is 0 Å². The van der Waals surface area contributed by atoms with E-state index in [-0.39, 0.29) is 25.0 Å². The molecule has 0 aromatic heterocycles. The third-order valence-corrected chi connectivity index (χ3v) is 5.38. The van der Waals surface area contributed by atoms with Gasteiger partial charge >= 0.3 is 0 Å². The summed E-state index contributed by atoms with van der Waals surface area (Å²) in [6, 6.07) is 4.95. The zero-order chi connectivity index (χ0) is 19.4. The van der Waals surface area contributed by atoms with Gasteiger partial charge in [0.05, 0.1) is 20.8 Å². The molecule has 2 heterocycles. The van der Waals surface area contributed by atoms with E-state index in [9.17, 15) is 9.59 Å². The first-order valence-corrected chi connectivity index (χ1v) is 9.40. The Morgan fingerprint density at radius 3 is 2.56 bits per heavy atom. The van der Waals surface area contributed by atoms with Crippen LogP contribution in [0.3, 0.4) is 0 Å². The Morgan fingerprint density at radius 1 is 1.19 bits per heavy atom. The van der Waals surface area contributed by atoms with Crippen LogP contribution in [0, 0.1) is 5.92 Å². The number of carbonyl (C=O) groups excluding carboxylic acids is 2. The summed E-state index contributed by atoms with van der Waals surface area (Å²) in [6.07, 6.45) is 2.01. The minimum Gasteiger partial charge on any atom is -0.493 e. The molecule has 2 aliphatic rings. The lowest BCUT2D eigenvalue weighted by atomic mass is 9.98. The van der Waals surface area contributed by atoms with Crippen LogP contribution in [0.1, 0.15) is 25.3 Å². The molecule has 3 rings (SSSR count). The summed E-state index contributed by atoms with van der Waals surface area (Å²) in [4.78, 5) is 29.0. The number of amides is 2. The predicted octanol–water partition coefficient (Wildman–Crippen LogP) is 1.69. The molecule has 0 bridgehead atoms. The van der Waals surface area contributed by atoms with Gasteiger partial charge in [0.25, 0.3) is 0 Å². The Bertz CT molecular complexity index is 685. The number of rotatable bonds is 5. The fraction of sp³-hybridized carbons (Fsp3) is 0.600. The van der Waals surface area contributed by atoms with E-state index < -0.39 is 6.04 Å². The second-order valence-electron chi connectivity index (χ2n) is 7.25. The fourth-order valence-electron chi connectivity index (χ4n) is 3.62. The van der Waals surface area contributed by atoms with Crippen molar-refractivity contribution in [2.24, 2.45) is 5.92 Å². The number of morpholine rings is 1. The lowest BCUT2D eigenvalue weighted by molar-refractivity contribution is -0.160. The molecule has 2 fully saturated rings. The first-order chi connectivity index (χ1) is 13.0. The van der Waals surface area contributed by atoms with Gasteiger partial charge in [-0.1, -0.05) is 13.0 Å². The molecule has 1 aromatic carbocycles. The number of nitrogens with zero attached hydrogens (tertiary/aromatic N) is 2. The van der Waals surface area contributed by atoms with Gasteiger partial charge in [-0.25, -0.2) is 0 Å². The van der Waals surface area contributed by atoms with Gasteiger partial charge in [0, 0.05) is 19.6 Å². The number of methoxy groups -OCH3 is 2. The van der Waals surface area contributed by atoms with Crippen molar-refractivity contribution < 1.29 is 23.8 Å². The molecule has 7 heteroatoms. The topological polar surface area (TPSA) is 68.3 Å². The summed E-state index contributed by atoms with van der Waals surface area (Å²) in [5.41, 5.74) is 0.882. The van der Waals surface area contributed by atoms with Crippen molar-refractivity contribution in [1.29, 1.82) is 0 Å². The number of hydrogen-bond donors (Lipinski definition) is 0. The van der Waals surface area contributed by atoms with Gasteiger partial charge in [-0.15, -0.1) is 0 Å². The highest BCUT2D eigenvalue weighted by molar-refractivity contribution is 5.89. The summed E-state index contributed by atoms with van der Waals surface area (Å²) in [7, 11) is 3.16. The number of ether oxygens (including phenoxy) is 3. The van der Waals surface area contributed by atoms with E-state index in [4.69, 9.17) is 14.2 Å².